The maximum atomic E-state index is 14.0. The molecule has 5 aliphatic heterocycles. The molecule has 0 radical (unpaired) electrons. The molecule has 1 spiro atoms. The van der Waals surface area contributed by atoms with Crippen LogP contribution in [-0.2, 0) is 19.9 Å². The van der Waals surface area contributed by atoms with Crippen LogP contribution in [0.4, 0.5) is 11.4 Å². The van der Waals surface area contributed by atoms with Gasteiger partial charge in [0.2, 0.25) is 18.6 Å². The van der Waals surface area contributed by atoms with E-state index in [1.807, 2.05) is 13.0 Å². The lowest BCUT2D eigenvalue weighted by Gasteiger charge is -2.36. The fourth-order valence-electron chi connectivity index (χ4n) is 6.67. The van der Waals surface area contributed by atoms with E-state index < -0.39 is 17.4 Å². The van der Waals surface area contributed by atoms with Crippen LogP contribution in [0.25, 0.3) is 0 Å². The number of hydrogen-bond donors (Lipinski definition) is 1. The lowest BCUT2D eigenvalue weighted by atomic mass is 9.75. The van der Waals surface area contributed by atoms with Gasteiger partial charge >= 0.3 is 0 Å². The molecule has 0 saturated carbocycles. The third-order valence-electron chi connectivity index (χ3n) is 7.81. The third-order valence-corrected chi connectivity index (χ3v) is 8.11. The molecule has 8 nitrogen and oxygen atoms in total. The predicted octanol–water partition coefficient (Wildman–Crippen LogP) is 2.81. The fourth-order valence-corrected chi connectivity index (χ4v) is 7.00. The first kappa shape index (κ1) is 19.4. The molecule has 3 saturated heterocycles. The van der Waals surface area contributed by atoms with E-state index in [9.17, 15) is 14.4 Å². The average molecular weight is 466 g/mol. The summed E-state index contributed by atoms with van der Waals surface area (Å²) in [5.74, 6) is -1.25. The quantitative estimate of drug-likeness (QED) is 0.652. The van der Waals surface area contributed by atoms with Crippen LogP contribution in [0, 0.1) is 18.8 Å². The molecule has 9 heteroatoms. The Kier molecular flexibility index (Phi) is 3.68. The van der Waals surface area contributed by atoms with Gasteiger partial charge in [0.1, 0.15) is 5.54 Å². The van der Waals surface area contributed by atoms with Crippen LogP contribution in [0.15, 0.2) is 30.3 Å². The molecule has 168 valence electrons. The Morgan fingerprint density at radius 3 is 2.76 bits per heavy atom. The standard InChI is InChI=1S/C24H20ClN3O5/c1-11-7-13-20(14(25)8-11)26-23(31)24(13)19-18(15-3-2-6-27(15)24)21(29)28(22(19)30)12-4-5-16-17(9-12)33-10-32-16/h4-5,7-9,15,18-19H,2-3,6,10H2,1H3,(H,26,31)/t15-,18+,19-,24+/m0/s1. The largest absolute Gasteiger partial charge is 0.454 e. The summed E-state index contributed by atoms with van der Waals surface area (Å²) in [6, 6.07) is 8.59. The number of aryl methyl sites for hydroxylation is 1. The summed E-state index contributed by atoms with van der Waals surface area (Å²) in [5.41, 5.74) is 1.34. The molecule has 0 aliphatic carbocycles. The average Bonchev–Trinajstić information content (AvgIpc) is 3.55. The van der Waals surface area contributed by atoms with Crippen molar-refractivity contribution in [3.8, 4) is 11.5 Å². The molecule has 3 amide bonds. The normalized spacial score (nSPS) is 31.4. The van der Waals surface area contributed by atoms with E-state index in [2.05, 4.69) is 10.2 Å². The van der Waals surface area contributed by atoms with E-state index in [0.29, 0.717) is 40.0 Å². The van der Waals surface area contributed by atoms with Gasteiger partial charge in [-0.1, -0.05) is 17.7 Å². The van der Waals surface area contributed by atoms with Gasteiger partial charge < -0.3 is 14.8 Å². The van der Waals surface area contributed by atoms with Crippen LogP contribution in [-0.4, -0.2) is 42.0 Å². The fraction of sp³-hybridized carbons (Fsp3) is 0.375. The number of anilines is 2. The number of hydrogen-bond acceptors (Lipinski definition) is 6. The summed E-state index contributed by atoms with van der Waals surface area (Å²) in [7, 11) is 0. The molecule has 4 atom stereocenters. The summed E-state index contributed by atoms with van der Waals surface area (Å²) in [6.45, 7) is 2.67. The first-order valence-electron chi connectivity index (χ1n) is 11.1. The Hall–Kier alpha value is -3.10. The molecule has 2 aromatic rings. The molecule has 5 aliphatic rings. The van der Waals surface area contributed by atoms with Gasteiger partial charge in [0.25, 0.3) is 5.91 Å². The summed E-state index contributed by atoms with van der Waals surface area (Å²) < 4.78 is 10.8. The van der Waals surface area contributed by atoms with Crippen molar-refractivity contribution in [2.24, 2.45) is 11.8 Å². The number of carbonyl (C=O) groups excluding carboxylic acids is 3. The van der Waals surface area contributed by atoms with Gasteiger partial charge in [0, 0.05) is 17.7 Å². The number of fused-ring (bicyclic) bond motifs is 8. The summed E-state index contributed by atoms with van der Waals surface area (Å²) >= 11 is 6.51. The monoisotopic (exact) mass is 465 g/mol. The van der Waals surface area contributed by atoms with Gasteiger partial charge in [0.05, 0.1) is 28.2 Å². The molecule has 7 rings (SSSR count). The van der Waals surface area contributed by atoms with E-state index in [-0.39, 0.29) is 30.6 Å². The number of nitrogens with zero attached hydrogens (tertiary/aromatic N) is 2. The highest BCUT2D eigenvalue weighted by Gasteiger charge is 2.74. The van der Waals surface area contributed by atoms with Crippen LogP contribution in [0.3, 0.4) is 0 Å². The second-order valence-corrected chi connectivity index (χ2v) is 9.75. The van der Waals surface area contributed by atoms with Crippen molar-refractivity contribution in [3.05, 3.63) is 46.5 Å². The smallest absolute Gasteiger partial charge is 0.250 e. The van der Waals surface area contributed by atoms with Crippen molar-refractivity contribution in [3.63, 3.8) is 0 Å². The third kappa shape index (κ3) is 2.18. The van der Waals surface area contributed by atoms with Crippen LogP contribution in [0.5, 0.6) is 11.5 Å². The van der Waals surface area contributed by atoms with Crippen molar-refractivity contribution >= 4 is 40.7 Å². The molecule has 33 heavy (non-hydrogen) atoms. The maximum Gasteiger partial charge on any atom is 0.250 e. The number of halogens is 1. The zero-order valence-electron chi connectivity index (χ0n) is 17.8. The first-order chi connectivity index (χ1) is 15.9. The Balaban J connectivity index is 1.42. The van der Waals surface area contributed by atoms with Crippen LogP contribution in [0.1, 0.15) is 24.0 Å². The lowest BCUT2D eigenvalue weighted by Crippen LogP contribution is -2.54. The second kappa shape index (κ2) is 6.27. The number of benzene rings is 2. The Morgan fingerprint density at radius 1 is 1.09 bits per heavy atom. The number of imide groups is 1. The van der Waals surface area contributed by atoms with Crippen molar-refractivity contribution in [1.29, 1.82) is 0 Å². The number of ether oxygens (including phenoxy) is 2. The SMILES string of the molecule is Cc1cc(Cl)c2c(c1)[C@]1(C(=O)N2)[C@@H]2C(=O)N(c3ccc4c(c3)OCO4)C(=O)[C@@H]2[C@@H]2CCCN21. The predicted molar refractivity (Wildman–Crippen MR) is 118 cm³/mol. The van der Waals surface area contributed by atoms with Crippen LogP contribution >= 0.6 is 11.6 Å². The molecule has 0 unspecified atom stereocenters. The van der Waals surface area contributed by atoms with E-state index in [0.717, 1.165) is 18.4 Å². The molecule has 3 fully saturated rings. The second-order valence-electron chi connectivity index (χ2n) is 9.35. The molecule has 2 aromatic carbocycles. The van der Waals surface area contributed by atoms with Crippen molar-refractivity contribution < 1.29 is 23.9 Å². The van der Waals surface area contributed by atoms with Crippen LogP contribution < -0.4 is 19.7 Å². The van der Waals surface area contributed by atoms with E-state index in [1.165, 1.54) is 4.90 Å². The molecule has 0 bridgehead atoms. The highest BCUT2D eigenvalue weighted by molar-refractivity contribution is 6.35. The van der Waals surface area contributed by atoms with Crippen molar-refractivity contribution in [1.82, 2.24) is 4.90 Å². The minimum atomic E-state index is -1.24. The minimum Gasteiger partial charge on any atom is -0.454 e. The Labute approximate surface area is 194 Å². The van der Waals surface area contributed by atoms with E-state index in [1.54, 1.807) is 24.3 Å². The zero-order valence-corrected chi connectivity index (χ0v) is 18.5. The van der Waals surface area contributed by atoms with Crippen LogP contribution in [0.2, 0.25) is 5.02 Å². The number of rotatable bonds is 1. The number of carbonyl (C=O) groups is 3. The topological polar surface area (TPSA) is 88.2 Å². The van der Waals surface area contributed by atoms with Gasteiger partial charge in [-0.15, -0.1) is 0 Å². The van der Waals surface area contributed by atoms with Gasteiger partial charge in [-0.25, -0.2) is 4.90 Å². The minimum absolute atomic E-state index is 0.100. The molecule has 0 aromatic heterocycles. The summed E-state index contributed by atoms with van der Waals surface area (Å²) in [6.07, 6.45) is 1.63. The van der Waals surface area contributed by atoms with Gasteiger partial charge in [-0.3, -0.25) is 19.3 Å². The van der Waals surface area contributed by atoms with Crippen molar-refractivity contribution in [2.45, 2.75) is 31.3 Å². The van der Waals surface area contributed by atoms with Gasteiger partial charge in [0.15, 0.2) is 11.5 Å². The Bertz CT molecular complexity index is 1300. The number of amides is 3. The Morgan fingerprint density at radius 2 is 1.91 bits per heavy atom. The molecular formula is C24H20ClN3O5. The number of nitrogens with one attached hydrogen (secondary N) is 1. The van der Waals surface area contributed by atoms with Gasteiger partial charge in [-0.2, -0.15) is 0 Å². The van der Waals surface area contributed by atoms with E-state index >= 15 is 0 Å². The highest BCUT2D eigenvalue weighted by Crippen LogP contribution is 2.61. The zero-order chi connectivity index (χ0) is 22.6. The molecule has 1 N–H and O–H groups in total. The highest BCUT2D eigenvalue weighted by atomic mass is 35.5. The molecule has 5 heterocycles. The maximum absolute atomic E-state index is 14.0. The van der Waals surface area contributed by atoms with Gasteiger partial charge in [-0.05, 0) is 50.1 Å². The summed E-state index contributed by atoms with van der Waals surface area (Å²) in [5, 5.41) is 3.39. The molecular weight excluding hydrogens is 446 g/mol. The summed E-state index contributed by atoms with van der Waals surface area (Å²) in [4.78, 5) is 44.8. The lowest BCUT2D eigenvalue weighted by molar-refractivity contribution is -0.135. The first-order valence-corrected chi connectivity index (χ1v) is 11.5. The van der Waals surface area contributed by atoms with E-state index in [4.69, 9.17) is 21.1 Å². The van der Waals surface area contributed by atoms with Crippen molar-refractivity contribution in [2.75, 3.05) is 23.6 Å².